The highest BCUT2D eigenvalue weighted by Gasteiger charge is 2.15. The third kappa shape index (κ3) is 3.39. The molecular formula is C17H9Cl3N4O2. The summed E-state index contributed by atoms with van der Waals surface area (Å²) in [4.78, 5) is 4.31. The number of nitrogens with zero attached hydrogens (tertiary/aromatic N) is 3. The lowest BCUT2D eigenvalue weighted by Gasteiger charge is -2.07. The van der Waals surface area contributed by atoms with Gasteiger partial charge in [-0.15, -0.1) is 0 Å². The summed E-state index contributed by atoms with van der Waals surface area (Å²) in [5.41, 5.74) is 1.24. The van der Waals surface area contributed by atoms with E-state index in [2.05, 4.69) is 20.3 Å². The van der Waals surface area contributed by atoms with Gasteiger partial charge in [-0.25, -0.2) is 0 Å². The van der Waals surface area contributed by atoms with Gasteiger partial charge >= 0.3 is 0 Å². The quantitative estimate of drug-likeness (QED) is 0.457. The molecular weight excluding hydrogens is 399 g/mol. The van der Waals surface area contributed by atoms with Crippen molar-refractivity contribution in [3.63, 3.8) is 0 Å². The first kappa shape index (κ1) is 16.9. The molecule has 0 bridgehead atoms. The van der Waals surface area contributed by atoms with E-state index in [0.29, 0.717) is 38.1 Å². The monoisotopic (exact) mass is 406 g/mol. The Morgan fingerprint density at radius 1 is 0.885 bits per heavy atom. The second kappa shape index (κ2) is 6.99. The average Bonchev–Trinajstić information content (AvgIpc) is 3.28. The molecule has 2 heterocycles. The lowest BCUT2D eigenvalue weighted by molar-refractivity contribution is 0.431. The number of nitrogens with one attached hydrogen (secondary N) is 1. The van der Waals surface area contributed by atoms with Gasteiger partial charge in [0, 0.05) is 11.6 Å². The van der Waals surface area contributed by atoms with E-state index in [0.717, 1.165) is 5.56 Å². The van der Waals surface area contributed by atoms with Crippen LogP contribution in [0.5, 0.6) is 11.5 Å². The maximum absolute atomic E-state index is 5.99. The fraction of sp³-hybridized carbons (Fsp3) is 0. The molecule has 0 radical (unpaired) electrons. The summed E-state index contributed by atoms with van der Waals surface area (Å²) in [6, 6.07) is 12.3. The summed E-state index contributed by atoms with van der Waals surface area (Å²) < 4.78 is 11.0. The molecule has 4 aromatic rings. The van der Waals surface area contributed by atoms with E-state index in [1.807, 2.05) is 12.1 Å². The van der Waals surface area contributed by atoms with Crippen molar-refractivity contribution in [2.45, 2.75) is 0 Å². The molecule has 0 saturated heterocycles. The molecule has 4 rings (SSSR count). The highest BCUT2D eigenvalue weighted by atomic mass is 35.5. The molecule has 26 heavy (non-hydrogen) atoms. The van der Waals surface area contributed by atoms with Gasteiger partial charge in [0.1, 0.15) is 17.2 Å². The van der Waals surface area contributed by atoms with Gasteiger partial charge in [-0.1, -0.05) is 40.0 Å². The number of H-pyrrole nitrogens is 1. The van der Waals surface area contributed by atoms with E-state index < -0.39 is 0 Å². The molecule has 130 valence electrons. The van der Waals surface area contributed by atoms with Gasteiger partial charge < -0.3 is 9.26 Å². The van der Waals surface area contributed by atoms with Crippen LogP contribution in [0.25, 0.3) is 23.0 Å². The van der Waals surface area contributed by atoms with Crippen molar-refractivity contribution in [1.82, 2.24) is 20.3 Å². The first-order chi connectivity index (χ1) is 12.6. The van der Waals surface area contributed by atoms with Crippen molar-refractivity contribution in [3.05, 3.63) is 63.7 Å². The highest BCUT2D eigenvalue weighted by Crippen LogP contribution is 2.31. The first-order valence-corrected chi connectivity index (χ1v) is 8.50. The molecule has 0 aliphatic rings. The van der Waals surface area contributed by atoms with Crippen LogP contribution >= 0.6 is 34.8 Å². The standard InChI is InChI=1S/C17H9Cl3N4O2/c18-12-6-5-11(7-13(12)19)25-10-3-1-9(2-4-10)16-22-17(26-24-16)15-14(20)8-21-23-15/h1-8H,(H,21,23). The maximum atomic E-state index is 5.99. The van der Waals surface area contributed by atoms with E-state index in [1.165, 1.54) is 6.20 Å². The zero-order chi connectivity index (χ0) is 18.1. The van der Waals surface area contributed by atoms with Crippen molar-refractivity contribution in [2.24, 2.45) is 0 Å². The van der Waals surface area contributed by atoms with Crippen LogP contribution in [0.15, 0.2) is 53.2 Å². The summed E-state index contributed by atoms with van der Waals surface area (Å²) in [5.74, 6) is 1.90. The van der Waals surface area contributed by atoms with E-state index in [1.54, 1.807) is 30.3 Å². The third-order valence-electron chi connectivity index (χ3n) is 3.47. The lowest BCUT2D eigenvalue weighted by atomic mass is 10.2. The van der Waals surface area contributed by atoms with E-state index in [-0.39, 0.29) is 5.89 Å². The minimum absolute atomic E-state index is 0.263. The molecule has 6 nitrogen and oxygen atoms in total. The fourth-order valence-corrected chi connectivity index (χ4v) is 2.67. The first-order valence-electron chi connectivity index (χ1n) is 7.36. The number of ether oxygens (including phenoxy) is 1. The molecule has 0 atom stereocenters. The van der Waals surface area contributed by atoms with Gasteiger partial charge in [-0.2, -0.15) is 10.1 Å². The van der Waals surface area contributed by atoms with Crippen LogP contribution in [0, 0.1) is 0 Å². The number of hydrogen-bond acceptors (Lipinski definition) is 5. The van der Waals surface area contributed by atoms with E-state index in [4.69, 9.17) is 44.1 Å². The molecule has 1 N–H and O–H groups in total. The zero-order valence-corrected chi connectivity index (χ0v) is 15.2. The largest absolute Gasteiger partial charge is 0.457 e. The molecule has 0 spiro atoms. The molecule has 2 aromatic heterocycles. The minimum Gasteiger partial charge on any atom is -0.457 e. The molecule has 0 aliphatic heterocycles. The Hall–Kier alpha value is -2.54. The van der Waals surface area contributed by atoms with Gasteiger partial charge in [0.05, 0.1) is 21.3 Å². The number of rotatable bonds is 4. The van der Waals surface area contributed by atoms with Crippen molar-refractivity contribution in [2.75, 3.05) is 0 Å². The molecule has 0 unspecified atom stereocenters. The number of aromatic nitrogens is 4. The molecule has 2 aromatic carbocycles. The molecule has 0 aliphatic carbocycles. The van der Waals surface area contributed by atoms with Crippen LogP contribution < -0.4 is 4.74 Å². The van der Waals surface area contributed by atoms with Gasteiger partial charge in [-0.3, -0.25) is 5.10 Å². The summed E-state index contributed by atoms with van der Waals surface area (Å²) in [6.07, 6.45) is 1.47. The summed E-state index contributed by atoms with van der Waals surface area (Å²) in [6.45, 7) is 0. The van der Waals surface area contributed by atoms with Crippen molar-refractivity contribution in [1.29, 1.82) is 0 Å². The van der Waals surface area contributed by atoms with Crippen LogP contribution in [0.1, 0.15) is 0 Å². The number of aromatic amines is 1. The van der Waals surface area contributed by atoms with Crippen molar-refractivity contribution >= 4 is 34.8 Å². The Morgan fingerprint density at radius 2 is 1.65 bits per heavy atom. The maximum Gasteiger partial charge on any atom is 0.277 e. The summed E-state index contributed by atoms with van der Waals surface area (Å²) in [7, 11) is 0. The second-order valence-electron chi connectivity index (χ2n) is 5.22. The SMILES string of the molecule is Clc1ccc(Oc2ccc(-c3noc(-c4[nH]ncc4Cl)n3)cc2)cc1Cl. The summed E-state index contributed by atoms with van der Waals surface area (Å²) >= 11 is 17.9. The Bertz CT molecular complexity index is 1060. The van der Waals surface area contributed by atoms with Gasteiger partial charge in [0.2, 0.25) is 5.82 Å². The fourth-order valence-electron chi connectivity index (χ4n) is 2.21. The topological polar surface area (TPSA) is 76.8 Å². The third-order valence-corrected chi connectivity index (χ3v) is 4.50. The lowest BCUT2D eigenvalue weighted by Crippen LogP contribution is -1.86. The Kier molecular flexibility index (Phi) is 4.55. The van der Waals surface area contributed by atoms with E-state index >= 15 is 0 Å². The number of halogens is 3. The average molecular weight is 408 g/mol. The van der Waals surface area contributed by atoms with Crippen molar-refractivity contribution < 1.29 is 9.26 Å². The van der Waals surface area contributed by atoms with Crippen LogP contribution in [0.2, 0.25) is 15.1 Å². The van der Waals surface area contributed by atoms with E-state index in [9.17, 15) is 0 Å². The molecule has 0 fully saturated rings. The molecule has 9 heteroatoms. The van der Waals surface area contributed by atoms with Crippen LogP contribution in [0.3, 0.4) is 0 Å². The zero-order valence-electron chi connectivity index (χ0n) is 12.9. The predicted molar refractivity (Wildman–Crippen MR) is 98.9 cm³/mol. The minimum atomic E-state index is 0.263. The van der Waals surface area contributed by atoms with Crippen LogP contribution in [0.4, 0.5) is 0 Å². The second-order valence-corrected chi connectivity index (χ2v) is 6.44. The van der Waals surface area contributed by atoms with Gasteiger partial charge in [0.15, 0.2) is 0 Å². The van der Waals surface area contributed by atoms with Crippen LogP contribution in [-0.2, 0) is 0 Å². The van der Waals surface area contributed by atoms with Gasteiger partial charge in [0.25, 0.3) is 5.89 Å². The normalized spacial score (nSPS) is 10.9. The van der Waals surface area contributed by atoms with Gasteiger partial charge in [-0.05, 0) is 36.4 Å². The molecule has 0 amide bonds. The smallest absolute Gasteiger partial charge is 0.277 e. The van der Waals surface area contributed by atoms with Crippen LogP contribution in [-0.4, -0.2) is 20.3 Å². The Balaban J connectivity index is 1.53. The number of benzene rings is 2. The Morgan fingerprint density at radius 3 is 2.35 bits per heavy atom. The van der Waals surface area contributed by atoms with Crippen molar-refractivity contribution in [3.8, 4) is 34.5 Å². The predicted octanol–water partition coefficient (Wildman–Crippen LogP) is 5.88. The molecule has 0 saturated carbocycles. The summed E-state index contributed by atoms with van der Waals surface area (Å²) in [5, 5.41) is 11.8. The Labute approximate surface area is 162 Å². The highest BCUT2D eigenvalue weighted by molar-refractivity contribution is 6.42. The number of hydrogen-bond donors (Lipinski definition) is 1.